The third-order valence-corrected chi connectivity index (χ3v) is 4.75. The van der Waals surface area contributed by atoms with Crippen LogP contribution < -0.4 is 5.43 Å². The highest BCUT2D eigenvalue weighted by Crippen LogP contribution is 2.31. The van der Waals surface area contributed by atoms with Crippen LogP contribution in [-0.4, -0.2) is 13.1 Å². The van der Waals surface area contributed by atoms with Gasteiger partial charge in [-0.25, -0.2) is 4.79 Å². The average molecular weight is 370 g/mol. The number of esters is 1. The molecular weight excluding hydrogens is 352 g/mol. The van der Waals surface area contributed by atoms with E-state index in [1.807, 2.05) is 61.5 Å². The van der Waals surface area contributed by atoms with Crippen LogP contribution in [0.2, 0.25) is 0 Å². The summed E-state index contributed by atoms with van der Waals surface area (Å²) in [6.07, 6.45) is 0. The number of fused-ring (bicyclic) bond motifs is 1. The van der Waals surface area contributed by atoms with Gasteiger partial charge in [0.2, 0.25) is 0 Å². The van der Waals surface area contributed by atoms with Crippen LogP contribution in [0.1, 0.15) is 15.9 Å². The van der Waals surface area contributed by atoms with Crippen molar-refractivity contribution in [3.63, 3.8) is 0 Å². The van der Waals surface area contributed by atoms with Gasteiger partial charge in [0.25, 0.3) is 0 Å². The molecule has 0 fully saturated rings. The van der Waals surface area contributed by atoms with Gasteiger partial charge in [0, 0.05) is 11.6 Å². The van der Waals surface area contributed by atoms with E-state index in [-0.39, 0.29) is 16.6 Å². The first-order valence-corrected chi connectivity index (χ1v) is 8.90. The number of carbonyl (C=O) groups excluding carboxylic acids is 1. The van der Waals surface area contributed by atoms with E-state index in [0.717, 1.165) is 22.3 Å². The standard InChI is InChI=1S/C24H18O4/c1-15-8-6-7-11-18(15)17-12-19-21(25)14-22(16-9-4-3-5-10-16)28-23(19)20(13-17)24(26)27-2/h3-14H,1-2H3. The van der Waals surface area contributed by atoms with Crippen molar-refractivity contribution < 1.29 is 13.9 Å². The molecule has 0 aliphatic carbocycles. The summed E-state index contributed by atoms with van der Waals surface area (Å²) in [6, 6.07) is 22.1. The zero-order chi connectivity index (χ0) is 19.7. The Morgan fingerprint density at radius 1 is 0.893 bits per heavy atom. The molecule has 1 aromatic heterocycles. The van der Waals surface area contributed by atoms with Gasteiger partial charge >= 0.3 is 5.97 Å². The van der Waals surface area contributed by atoms with Crippen LogP contribution in [0.25, 0.3) is 33.4 Å². The van der Waals surface area contributed by atoms with Crippen LogP contribution in [0.3, 0.4) is 0 Å². The third kappa shape index (κ3) is 3.09. The van der Waals surface area contributed by atoms with Crippen molar-refractivity contribution >= 4 is 16.9 Å². The highest BCUT2D eigenvalue weighted by Gasteiger charge is 2.19. The van der Waals surface area contributed by atoms with Gasteiger partial charge in [0.05, 0.1) is 12.5 Å². The molecule has 0 aliphatic rings. The summed E-state index contributed by atoms with van der Waals surface area (Å²) in [5.74, 6) is -0.138. The summed E-state index contributed by atoms with van der Waals surface area (Å²) in [7, 11) is 1.31. The second-order valence-electron chi connectivity index (χ2n) is 6.55. The van der Waals surface area contributed by atoms with Crippen molar-refractivity contribution in [1.29, 1.82) is 0 Å². The number of aryl methyl sites for hydroxylation is 1. The Morgan fingerprint density at radius 3 is 2.32 bits per heavy atom. The molecule has 0 radical (unpaired) electrons. The van der Waals surface area contributed by atoms with E-state index in [2.05, 4.69) is 0 Å². The van der Waals surface area contributed by atoms with E-state index < -0.39 is 5.97 Å². The van der Waals surface area contributed by atoms with Gasteiger partial charge in [-0.05, 0) is 35.7 Å². The molecule has 0 atom stereocenters. The molecule has 4 rings (SSSR count). The lowest BCUT2D eigenvalue weighted by Gasteiger charge is -2.11. The van der Waals surface area contributed by atoms with E-state index in [1.165, 1.54) is 13.2 Å². The number of rotatable bonds is 3. The Bertz CT molecular complexity index is 1240. The highest BCUT2D eigenvalue weighted by molar-refractivity contribution is 6.04. The number of hydrogen-bond donors (Lipinski definition) is 0. The van der Waals surface area contributed by atoms with Crippen LogP contribution in [0.15, 0.2) is 82.0 Å². The zero-order valence-electron chi connectivity index (χ0n) is 15.6. The maximum Gasteiger partial charge on any atom is 0.341 e. The minimum atomic E-state index is -0.547. The van der Waals surface area contributed by atoms with Crippen molar-refractivity contribution in [3.8, 4) is 22.5 Å². The van der Waals surface area contributed by atoms with Crippen molar-refractivity contribution in [1.82, 2.24) is 0 Å². The molecule has 4 nitrogen and oxygen atoms in total. The molecule has 1 heterocycles. The molecule has 0 saturated heterocycles. The van der Waals surface area contributed by atoms with Crippen LogP contribution in [0.5, 0.6) is 0 Å². The van der Waals surface area contributed by atoms with Crippen molar-refractivity contribution in [3.05, 3.63) is 94.1 Å². The largest absolute Gasteiger partial charge is 0.465 e. The predicted molar refractivity (Wildman–Crippen MR) is 109 cm³/mol. The predicted octanol–water partition coefficient (Wildman–Crippen LogP) is 5.22. The van der Waals surface area contributed by atoms with Gasteiger partial charge in [0.15, 0.2) is 11.0 Å². The monoisotopic (exact) mass is 370 g/mol. The summed E-state index contributed by atoms with van der Waals surface area (Å²) < 4.78 is 11.0. The number of hydrogen-bond acceptors (Lipinski definition) is 4. The zero-order valence-corrected chi connectivity index (χ0v) is 15.6. The molecule has 0 amide bonds. The number of benzene rings is 3. The molecule has 0 saturated carbocycles. The molecule has 0 aliphatic heterocycles. The van der Waals surface area contributed by atoms with Crippen molar-refractivity contribution in [2.24, 2.45) is 0 Å². The minimum Gasteiger partial charge on any atom is -0.465 e. The fourth-order valence-electron chi connectivity index (χ4n) is 3.32. The SMILES string of the molecule is COC(=O)c1cc(-c2ccccc2C)cc2c(=O)cc(-c3ccccc3)oc12. The van der Waals surface area contributed by atoms with Crippen LogP contribution in [0.4, 0.5) is 0 Å². The fourth-order valence-corrected chi connectivity index (χ4v) is 3.32. The van der Waals surface area contributed by atoms with Crippen LogP contribution in [-0.2, 0) is 4.74 Å². The molecule has 0 unspecified atom stereocenters. The van der Waals surface area contributed by atoms with E-state index in [4.69, 9.17) is 9.15 Å². The normalized spacial score (nSPS) is 10.8. The first kappa shape index (κ1) is 17.7. The van der Waals surface area contributed by atoms with Gasteiger partial charge in [-0.1, -0.05) is 54.6 Å². The Morgan fingerprint density at radius 2 is 1.61 bits per heavy atom. The summed E-state index contributed by atoms with van der Waals surface area (Å²) in [5.41, 5.74) is 3.78. The lowest BCUT2D eigenvalue weighted by atomic mass is 9.96. The molecule has 0 bridgehead atoms. The van der Waals surface area contributed by atoms with Gasteiger partial charge < -0.3 is 9.15 Å². The second-order valence-corrected chi connectivity index (χ2v) is 6.55. The summed E-state index contributed by atoms with van der Waals surface area (Å²) in [4.78, 5) is 25.4. The van der Waals surface area contributed by atoms with Crippen LogP contribution >= 0.6 is 0 Å². The van der Waals surface area contributed by atoms with Crippen molar-refractivity contribution in [2.75, 3.05) is 7.11 Å². The smallest absolute Gasteiger partial charge is 0.341 e. The van der Waals surface area contributed by atoms with Crippen LogP contribution in [0, 0.1) is 6.92 Å². The second kappa shape index (κ2) is 7.16. The fraction of sp³-hybridized carbons (Fsp3) is 0.0833. The van der Waals surface area contributed by atoms with Crippen molar-refractivity contribution in [2.45, 2.75) is 6.92 Å². The highest BCUT2D eigenvalue weighted by atomic mass is 16.5. The lowest BCUT2D eigenvalue weighted by Crippen LogP contribution is -2.08. The summed E-state index contributed by atoms with van der Waals surface area (Å²) in [5, 5.41) is 0.348. The first-order valence-electron chi connectivity index (χ1n) is 8.90. The minimum absolute atomic E-state index is 0.208. The summed E-state index contributed by atoms with van der Waals surface area (Å²) >= 11 is 0. The third-order valence-electron chi connectivity index (χ3n) is 4.75. The summed E-state index contributed by atoms with van der Waals surface area (Å²) in [6.45, 7) is 1.98. The molecule has 28 heavy (non-hydrogen) atoms. The van der Waals surface area contributed by atoms with Gasteiger partial charge in [-0.15, -0.1) is 0 Å². The topological polar surface area (TPSA) is 56.5 Å². The molecule has 138 valence electrons. The Kier molecular flexibility index (Phi) is 4.53. The number of carbonyl (C=O) groups is 1. The van der Waals surface area contributed by atoms with Gasteiger partial charge in [-0.3, -0.25) is 4.79 Å². The van der Waals surface area contributed by atoms with E-state index in [9.17, 15) is 9.59 Å². The molecule has 4 aromatic rings. The average Bonchev–Trinajstić information content (AvgIpc) is 2.73. The Balaban J connectivity index is 2.04. The van der Waals surface area contributed by atoms with E-state index >= 15 is 0 Å². The molecule has 0 spiro atoms. The molecule has 4 heteroatoms. The number of ether oxygens (including phenoxy) is 1. The maximum atomic E-state index is 12.9. The lowest BCUT2D eigenvalue weighted by molar-refractivity contribution is 0.0601. The molecular formula is C24H18O4. The van der Waals surface area contributed by atoms with Gasteiger partial charge in [0.1, 0.15) is 11.3 Å². The Hall–Kier alpha value is -3.66. The first-order chi connectivity index (χ1) is 13.6. The number of methoxy groups -OCH3 is 1. The Labute approximate surface area is 162 Å². The van der Waals surface area contributed by atoms with E-state index in [1.54, 1.807) is 12.1 Å². The molecule has 3 aromatic carbocycles. The maximum absolute atomic E-state index is 12.9. The van der Waals surface area contributed by atoms with E-state index in [0.29, 0.717) is 11.1 Å². The van der Waals surface area contributed by atoms with Gasteiger partial charge in [-0.2, -0.15) is 0 Å². The quantitative estimate of drug-likeness (QED) is 0.464. The molecule has 0 N–H and O–H groups in total.